The molecule has 4 aromatic rings. The van der Waals surface area contributed by atoms with Gasteiger partial charge in [-0.15, -0.1) is 0 Å². The highest BCUT2D eigenvalue weighted by atomic mass is 16.5. The zero-order valence-corrected chi connectivity index (χ0v) is 26.7. The van der Waals surface area contributed by atoms with E-state index >= 15 is 0 Å². The number of hydrogen-bond donors (Lipinski definition) is 2. The third-order valence-corrected chi connectivity index (χ3v) is 7.25. The number of aromatic amines is 2. The Bertz CT molecular complexity index is 1530. The van der Waals surface area contributed by atoms with Crippen molar-refractivity contribution in [2.24, 2.45) is 0 Å². The molecular formula is C36H40N2O8. The van der Waals surface area contributed by atoms with Crippen molar-refractivity contribution in [3.8, 4) is 11.4 Å². The molecule has 0 spiro atoms. The van der Waals surface area contributed by atoms with Gasteiger partial charge in [0.05, 0.1) is 35.7 Å². The second-order valence-corrected chi connectivity index (χ2v) is 10.5. The van der Waals surface area contributed by atoms with Crippen molar-refractivity contribution in [1.82, 2.24) is 9.97 Å². The summed E-state index contributed by atoms with van der Waals surface area (Å²) in [6.45, 7) is 7.39. The lowest BCUT2D eigenvalue weighted by Crippen LogP contribution is -2.12. The van der Waals surface area contributed by atoms with Gasteiger partial charge in [0.1, 0.15) is 24.6 Å². The van der Waals surface area contributed by atoms with Gasteiger partial charge < -0.3 is 28.9 Å². The van der Waals surface area contributed by atoms with Crippen molar-refractivity contribution in [2.75, 3.05) is 13.2 Å². The van der Waals surface area contributed by atoms with E-state index < -0.39 is 23.9 Å². The van der Waals surface area contributed by atoms with E-state index in [0.29, 0.717) is 36.8 Å². The van der Waals surface area contributed by atoms with Gasteiger partial charge in [-0.05, 0) is 48.9 Å². The first-order valence-corrected chi connectivity index (χ1v) is 15.6. The first kappa shape index (κ1) is 33.8. The smallest absolute Gasteiger partial charge is 0.355 e. The molecule has 0 fully saturated rings. The first-order chi connectivity index (χ1) is 22.3. The molecule has 0 unspecified atom stereocenters. The van der Waals surface area contributed by atoms with Crippen LogP contribution in [0.5, 0.6) is 0 Å². The van der Waals surface area contributed by atoms with E-state index in [-0.39, 0.29) is 60.3 Å². The Balaban J connectivity index is 1.93. The number of rotatable bonds is 15. The molecular weight excluding hydrogens is 588 g/mol. The summed E-state index contributed by atoms with van der Waals surface area (Å²) < 4.78 is 22.2. The Morgan fingerprint density at radius 1 is 0.522 bits per heavy atom. The van der Waals surface area contributed by atoms with Crippen LogP contribution in [0.25, 0.3) is 11.4 Å². The molecule has 2 heterocycles. The number of ether oxygens (including phenoxy) is 4. The van der Waals surface area contributed by atoms with Crippen molar-refractivity contribution in [2.45, 2.75) is 66.6 Å². The Morgan fingerprint density at radius 3 is 1.22 bits per heavy atom. The first-order valence-electron chi connectivity index (χ1n) is 15.6. The van der Waals surface area contributed by atoms with Gasteiger partial charge in [0.15, 0.2) is 0 Å². The second kappa shape index (κ2) is 16.3. The fourth-order valence-corrected chi connectivity index (χ4v) is 5.25. The minimum absolute atomic E-state index is 0.0174. The molecule has 10 nitrogen and oxygen atoms in total. The molecule has 4 rings (SSSR count). The number of carbonyl (C=O) groups excluding carboxylic acids is 4. The van der Waals surface area contributed by atoms with Gasteiger partial charge in [-0.25, -0.2) is 19.2 Å². The van der Waals surface area contributed by atoms with Crippen molar-refractivity contribution >= 4 is 23.9 Å². The van der Waals surface area contributed by atoms with E-state index in [2.05, 4.69) is 9.97 Å². The monoisotopic (exact) mass is 628 g/mol. The van der Waals surface area contributed by atoms with E-state index in [4.69, 9.17) is 18.9 Å². The third kappa shape index (κ3) is 7.74. The van der Waals surface area contributed by atoms with E-state index in [0.717, 1.165) is 11.1 Å². The SMILES string of the molecule is CCCc1c(C(=O)OCC)[nH]c(-c2[nH]c(C(=O)OCC)c(CCC)c2C(=O)OCc2ccccc2)c1C(=O)OCc1ccccc1. The maximum atomic E-state index is 13.9. The molecule has 0 aliphatic rings. The number of esters is 4. The van der Waals surface area contributed by atoms with E-state index in [1.165, 1.54) is 0 Å². The minimum Gasteiger partial charge on any atom is -0.461 e. The number of benzene rings is 2. The predicted octanol–water partition coefficient (Wildman–Crippen LogP) is 6.98. The molecule has 46 heavy (non-hydrogen) atoms. The molecule has 0 aliphatic carbocycles. The summed E-state index contributed by atoms with van der Waals surface area (Å²) in [6.07, 6.45) is 1.85. The summed E-state index contributed by atoms with van der Waals surface area (Å²) in [5, 5.41) is 0. The Labute approximate surface area is 268 Å². The summed E-state index contributed by atoms with van der Waals surface area (Å²) in [4.78, 5) is 60.4. The number of H-pyrrole nitrogens is 2. The van der Waals surface area contributed by atoms with Crippen LogP contribution in [-0.2, 0) is 45.0 Å². The number of carbonyl (C=O) groups is 4. The highest BCUT2D eigenvalue weighted by molar-refractivity contribution is 6.08. The van der Waals surface area contributed by atoms with Crippen molar-refractivity contribution in [3.63, 3.8) is 0 Å². The lowest BCUT2D eigenvalue weighted by Gasteiger charge is -2.11. The largest absolute Gasteiger partial charge is 0.461 e. The standard InChI is InChI=1S/C36H40N2O8/c1-5-15-25-27(33(39)45-21-23-17-11-9-12-18-23)31(37-29(25)35(41)43-7-3)32-28(34(40)46-22-24-19-13-10-14-20-24)26(16-6-2)30(38-32)36(42)44-8-4/h9-14,17-20,37-38H,5-8,15-16,21-22H2,1-4H3. The number of nitrogens with one attached hydrogen (secondary N) is 2. The van der Waals surface area contributed by atoms with Crippen molar-refractivity contribution in [1.29, 1.82) is 0 Å². The summed E-state index contributed by atoms with van der Waals surface area (Å²) in [5.74, 6) is -2.73. The predicted molar refractivity (Wildman–Crippen MR) is 172 cm³/mol. The maximum Gasteiger partial charge on any atom is 0.355 e. The molecule has 2 aromatic heterocycles. The van der Waals surface area contributed by atoms with Crippen LogP contribution in [0, 0.1) is 0 Å². The summed E-state index contributed by atoms with van der Waals surface area (Å²) in [5.41, 5.74) is 2.83. The Hall–Kier alpha value is -5.12. The molecule has 10 heteroatoms. The van der Waals surface area contributed by atoms with Crippen LogP contribution in [0.2, 0.25) is 0 Å². The molecule has 0 saturated carbocycles. The van der Waals surface area contributed by atoms with Gasteiger partial charge in [-0.1, -0.05) is 87.4 Å². The quantitative estimate of drug-likeness (QED) is 0.106. The molecule has 0 atom stereocenters. The van der Waals surface area contributed by atoms with Crippen LogP contribution >= 0.6 is 0 Å². The molecule has 0 aliphatic heterocycles. The van der Waals surface area contributed by atoms with E-state index in [1.807, 2.05) is 74.5 Å². The van der Waals surface area contributed by atoms with Gasteiger partial charge in [-0.2, -0.15) is 0 Å². The molecule has 0 amide bonds. The van der Waals surface area contributed by atoms with Gasteiger partial charge in [0.2, 0.25) is 0 Å². The van der Waals surface area contributed by atoms with Crippen LogP contribution in [0.15, 0.2) is 60.7 Å². The van der Waals surface area contributed by atoms with Gasteiger partial charge in [-0.3, -0.25) is 0 Å². The molecule has 2 aromatic carbocycles. The zero-order chi connectivity index (χ0) is 33.1. The fraction of sp³-hybridized carbons (Fsp3) is 0.333. The molecule has 0 bridgehead atoms. The third-order valence-electron chi connectivity index (χ3n) is 7.25. The fourth-order valence-electron chi connectivity index (χ4n) is 5.25. The zero-order valence-electron chi connectivity index (χ0n) is 26.7. The Morgan fingerprint density at radius 2 is 0.891 bits per heavy atom. The minimum atomic E-state index is -0.706. The topological polar surface area (TPSA) is 137 Å². The lowest BCUT2D eigenvalue weighted by molar-refractivity contribution is 0.0460. The highest BCUT2D eigenvalue weighted by Gasteiger charge is 2.35. The summed E-state index contributed by atoms with van der Waals surface area (Å²) >= 11 is 0. The Kier molecular flexibility index (Phi) is 11.9. The maximum absolute atomic E-state index is 13.9. The van der Waals surface area contributed by atoms with Gasteiger partial charge in [0, 0.05) is 0 Å². The van der Waals surface area contributed by atoms with Gasteiger partial charge in [0.25, 0.3) is 0 Å². The van der Waals surface area contributed by atoms with Gasteiger partial charge >= 0.3 is 23.9 Å². The normalized spacial score (nSPS) is 10.8. The molecule has 2 N–H and O–H groups in total. The lowest BCUT2D eigenvalue weighted by atomic mass is 9.99. The van der Waals surface area contributed by atoms with Crippen molar-refractivity contribution in [3.05, 3.63) is 105 Å². The molecule has 0 saturated heterocycles. The van der Waals surface area contributed by atoms with Crippen LogP contribution in [0.3, 0.4) is 0 Å². The van der Waals surface area contributed by atoms with Crippen LogP contribution in [0.4, 0.5) is 0 Å². The highest BCUT2D eigenvalue weighted by Crippen LogP contribution is 2.36. The number of aromatic nitrogens is 2. The van der Waals surface area contributed by atoms with Crippen LogP contribution in [0.1, 0.15) is 104 Å². The second-order valence-electron chi connectivity index (χ2n) is 10.5. The van der Waals surface area contributed by atoms with E-state index in [9.17, 15) is 19.2 Å². The summed E-state index contributed by atoms with van der Waals surface area (Å²) in [7, 11) is 0. The molecule has 242 valence electrons. The molecule has 0 radical (unpaired) electrons. The summed E-state index contributed by atoms with van der Waals surface area (Å²) in [6, 6.07) is 18.4. The van der Waals surface area contributed by atoms with Crippen molar-refractivity contribution < 1.29 is 38.1 Å². The average Bonchev–Trinajstić information content (AvgIpc) is 3.63. The number of hydrogen-bond acceptors (Lipinski definition) is 8. The van der Waals surface area contributed by atoms with Crippen LogP contribution in [-0.4, -0.2) is 47.1 Å². The van der Waals surface area contributed by atoms with E-state index in [1.54, 1.807) is 13.8 Å². The van der Waals surface area contributed by atoms with Crippen LogP contribution < -0.4 is 0 Å². The average molecular weight is 629 g/mol.